The summed E-state index contributed by atoms with van der Waals surface area (Å²) in [6.45, 7) is 17.1. The summed E-state index contributed by atoms with van der Waals surface area (Å²) in [7, 11) is -0.527. The SMILES string of the molecule is CC1(C)CCC(C)(C)c2c1ccc(B1OC(C)(C)C(C)(C)O1)c2O. The molecule has 1 aromatic rings. The van der Waals surface area contributed by atoms with E-state index in [9.17, 15) is 5.11 Å². The van der Waals surface area contributed by atoms with Crippen LogP contribution < -0.4 is 5.46 Å². The highest BCUT2D eigenvalue weighted by Gasteiger charge is 2.53. The van der Waals surface area contributed by atoms with Gasteiger partial charge < -0.3 is 14.4 Å². The van der Waals surface area contributed by atoms with Gasteiger partial charge in [0.25, 0.3) is 0 Å². The summed E-state index contributed by atoms with van der Waals surface area (Å²) in [6, 6.07) is 4.15. The Bertz CT molecular complexity index is 658. The average molecular weight is 330 g/mol. The van der Waals surface area contributed by atoms with Gasteiger partial charge in [-0.15, -0.1) is 0 Å². The molecule has 1 saturated heterocycles. The summed E-state index contributed by atoms with van der Waals surface area (Å²) < 4.78 is 12.3. The van der Waals surface area contributed by atoms with E-state index >= 15 is 0 Å². The lowest BCUT2D eigenvalue weighted by molar-refractivity contribution is 0.00578. The number of benzene rings is 1. The van der Waals surface area contributed by atoms with Gasteiger partial charge >= 0.3 is 7.12 Å². The minimum Gasteiger partial charge on any atom is -0.508 e. The maximum atomic E-state index is 11.1. The lowest BCUT2D eigenvalue weighted by atomic mass is 9.61. The molecule has 1 fully saturated rings. The highest BCUT2D eigenvalue weighted by molar-refractivity contribution is 6.63. The third-order valence-corrected chi connectivity index (χ3v) is 6.50. The Kier molecular flexibility index (Phi) is 3.72. The van der Waals surface area contributed by atoms with E-state index in [1.807, 2.05) is 33.8 Å². The summed E-state index contributed by atoms with van der Waals surface area (Å²) in [6.07, 6.45) is 2.19. The van der Waals surface area contributed by atoms with Crippen molar-refractivity contribution in [2.24, 2.45) is 0 Å². The van der Waals surface area contributed by atoms with Crippen LogP contribution in [-0.2, 0) is 20.1 Å². The summed E-state index contributed by atoms with van der Waals surface area (Å²) >= 11 is 0. The van der Waals surface area contributed by atoms with E-state index in [2.05, 4.69) is 33.8 Å². The topological polar surface area (TPSA) is 38.7 Å². The van der Waals surface area contributed by atoms with E-state index in [0.29, 0.717) is 5.75 Å². The van der Waals surface area contributed by atoms with Crippen LogP contribution in [0.15, 0.2) is 12.1 Å². The first-order valence-corrected chi connectivity index (χ1v) is 9.01. The Balaban J connectivity index is 2.11. The fourth-order valence-corrected chi connectivity index (χ4v) is 3.90. The lowest BCUT2D eigenvalue weighted by Gasteiger charge is -2.42. The van der Waals surface area contributed by atoms with Crippen LogP contribution in [0, 0.1) is 0 Å². The number of phenols is 1. The molecular formula is C20H31BO3. The summed E-state index contributed by atoms with van der Waals surface area (Å²) in [5.74, 6) is 0.351. The molecule has 1 aliphatic carbocycles. The van der Waals surface area contributed by atoms with Crippen LogP contribution in [0.1, 0.15) is 79.4 Å². The Morgan fingerprint density at radius 3 is 1.88 bits per heavy atom. The van der Waals surface area contributed by atoms with E-state index in [1.165, 1.54) is 5.56 Å². The van der Waals surface area contributed by atoms with E-state index in [4.69, 9.17) is 9.31 Å². The predicted octanol–water partition coefficient (Wildman–Crippen LogP) is 4.04. The van der Waals surface area contributed by atoms with Crippen molar-refractivity contribution in [2.75, 3.05) is 0 Å². The minimum absolute atomic E-state index is 0.0470. The number of hydrogen-bond donors (Lipinski definition) is 1. The minimum atomic E-state index is -0.527. The van der Waals surface area contributed by atoms with Gasteiger partial charge in [0, 0.05) is 11.0 Å². The van der Waals surface area contributed by atoms with Gasteiger partial charge in [-0.05, 0) is 56.9 Å². The van der Waals surface area contributed by atoms with Gasteiger partial charge in [-0.25, -0.2) is 0 Å². The second-order valence-electron chi connectivity index (χ2n) is 9.78. The second-order valence-corrected chi connectivity index (χ2v) is 9.78. The van der Waals surface area contributed by atoms with Crippen LogP contribution in [0.2, 0.25) is 0 Å². The van der Waals surface area contributed by atoms with Gasteiger partial charge in [-0.2, -0.15) is 0 Å². The van der Waals surface area contributed by atoms with Crippen molar-refractivity contribution in [1.82, 2.24) is 0 Å². The zero-order chi connectivity index (χ0) is 18.1. The normalized spacial score (nSPS) is 26.2. The van der Waals surface area contributed by atoms with Gasteiger partial charge in [-0.1, -0.05) is 39.8 Å². The summed E-state index contributed by atoms with van der Waals surface area (Å²) in [5, 5.41) is 11.1. The number of phenolic OH excluding ortho intramolecular Hbond substituents is 1. The molecule has 1 N–H and O–H groups in total. The molecule has 0 amide bonds. The molecule has 1 heterocycles. The number of rotatable bonds is 1. The molecule has 0 aromatic heterocycles. The van der Waals surface area contributed by atoms with Crippen molar-refractivity contribution in [2.45, 2.75) is 90.3 Å². The molecule has 132 valence electrons. The molecule has 0 unspecified atom stereocenters. The monoisotopic (exact) mass is 330 g/mol. The highest BCUT2D eigenvalue weighted by atomic mass is 16.7. The molecule has 3 nitrogen and oxygen atoms in total. The molecule has 0 spiro atoms. The first-order chi connectivity index (χ1) is 10.8. The Morgan fingerprint density at radius 2 is 1.33 bits per heavy atom. The molecule has 0 atom stereocenters. The Hall–Kier alpha value is -0.995. The van der Waals surface area contributed by atoms with Crippen molar-refractivity contribution >= 4 is 12.6 Å². The number of hydrogen-bond acceptors (Lipinski definition) is 3. The first kappa shape index (κ1) is 17.8. The average Bonchev–Trinajstić information content (AvgIpc) is 2.63. The third kappa shape index (κ3) is 2.50. The van der Waals surface area contributed by atoms with Crippen molar-refractivity contribution < 1.29 is 14.4 Å². The van der Waals surface area contributed by atoms with Crippen molar-refractivity contribution in [3.8, 4) is 5.75 Å². The smallest absolute Gasteiger partial charge is 0.498 e. The largest absolute Gasteiger partial charge is 0.508 e. The Labute approximate surface area is 146 Å². The van der Waals surface area contributed by atoms with Crippen LogP contribution in [0.3, 0.4) is 0 Å². The van der Waals surface area contributed by atoms with Gasteiger partial charge in [0.2, 0.25) is 0 Å². The van der Waals surface area contributed by atoms with E-state index in [0.717, 1.165) is 23.9 Å². The maximum Gasteiger partial charge on any atom is 0.498 e. The van der Waals surface area contributed by atoms with Gasteiger partial charge in [0.05, 0.1) is 11.2 Å². The number of fused-ring (bicyclic) bond motifs is 1. The molecule has 0 radical (unpaired) electrons. The molecule has 0 bridgehead atoms. The summed E-state index contributed by atoms with van der Waals surface area (Å²) in [5.41, 5.74) is 2.27. The highest BCUT2D eigenvalue weighted by Crippen LogP contribution is 2.49. The Morgan fingerprint density at radius 1 is 0.833 bits per heavy atom. The molecular weight excluding hydrogens is 299 g/mol. The maximum absolute atomic E-state index is 11.1. The standard InChI is InChI=1S/C20H31BO3/c1-17(2)11-12-18(3,4)15-13(17)9-10-14(16(15)22)21-23-19(5,6)20(7,8)24-21/h9-10,22H,11-12H2,1-8H3. The van der Waals surface area contributed by atoms with Gasteiger partial charge in [0.1, 0.15) is 5.75 Å². The quantitative estimate of drug-likeness (QED) is 0.790. The van der Waals surface area contributed by atoms with Crippen molar-refractivity contribution in [3.05, 3.63) is 23.3 Å². The third-order valence-electron chi connectivity index (χ3n) is 6.50. The molecule has 4 heteroatoms. The van der Waals surface area contributed by atoms with Gasteiger partial charge in [-0.3, -0.25) is 0 Å². The molecule has 2 aliphatic rings. The fraction of sp³-hybridized carbons (Fsp3) is 0.700. The van der Waals surface area contributed by atoms with Crippen LogP contribution in [0.25, 0.3) is 0 Å². The first-order valence-electron chi connectivity index (χ1n) is 9.01. The zero-order valence-electron chi connectivity index (χ0n) is 16.4. The molecule has 0 saturated carbocycles. The molecule has 1 aliphatic heterocycles. The second kappa shape index (κ2) is 5.01. The molecule has 24 heavy (non-hydrogen) atoms. The molecule has 3 rings (SSSR count). The van der Waals surface area contributed by atoms with E-state index in [-0.39, 0.29) is 10.8 Å². The lowest BCUT2D eigenvalue weighted by Crippen LogP contribution is -2.41. The van der Waals surface area contributed by atoms with Crippen LogP contribution in [0.4, 0.5) is 0 Å². The van der Waals surface area contributed by atoms with Crippen LogP contribution >= 0.6 is 0 Å². The van der Waals surface area contributed by atoms with Crippen LogP contribution in [0.5, 0.6) is 5.75 Å². The van der Waals surface area contributed by atoms with Gasteiger partial charge in [0.15, 0.2) is 0 Å². The predicted molar refractivity (Wildman–Crippen MR) is 99.1 cm³/mol. The van der Waals surface area contributed by atoms with E-state index < -0.39 is 18.3 Å². The van der Waals surface area contributed by atoms with Crippen molar-refractivity contribution in [1.29, 1.82) is 0 Å². The van der Waals surface area contributed by atoms with Crippen LogP contribution in [-0.4, -0.2) is 23.4 Å². The molecule has 1 aromatic carbocycles. The fourth-order valence-electron chi connectivity index (χ4n) is 3.90. The zero-order valence-corrected chi connectivity index (χ0v) is 16.4. The summed E-state index contributed by atoms with van der Waals surface area (Å²) in [4.78, 5) is 0. The van der Waals surface area contributed by atoms with Crippen molar-refractivity contribution in [3.63, 3.8) is 0 Å². The van der Waals surface area contributed by atoms with E-state index in [1.54, 1.807) is 0 Å². The number of aromatic hydroxyl groups is 1.